The molecule has 2 aromatic heterocycles. The van der Waals surface area contributed by atoms with Gasteiger partial charge < -0.3 is 10.5 Å². The van der Waals surface area contributed by atoms with Gasteiger partial charge in [-0.25, -0.2) is 4.39 Å². The Bertz CT molecular complexity index is 1150. The van der Waals surface area contributed by atoms with Gasteiger partial charge in [0.05, 0.1) is 16.8 Å². The van der Waals surface area contributed by atoms with Crippen molar-refractivity contribution in [2.45, 2.75) is 40.5 Å². The van der Waals surface area contributed by atoms with Crippen LogP contribution in [0.15, 0.2) is 60.8 Å². The smallest absolute Gasteiger partial charge is 0.128 e. The summed E-state index contributed by atoms with van der Waals surface area (Å²) < 4.78 is 21.1. The van der Waals surface area contributed by atoms with E-state index in [2.05, 4.69) is 17.1 Å². The molecular weight excluding hydrogens is 455 g/mol. The highest BCUT2D eigenvalue weighted by Crippen LogP contribution is 2.36. The number of pyridine rings is 1. The third-order valence-electron chi connectivity index (χ3n) is 4.62. The van der Waals surface area contributed by atoms with Gasteiger partial charge >= 0.3 is 0 Å². The molecule has 0 atom stereocenters. The van der Waals surface area contributed by atoms with Crippen LogP contribution in [0.2, 0.25) is 0 Å². The van der Waals surface area contributed by atoms with Gasteiger partial charge in [-0.15, -0.1) is 22.9 Å². The number of nitrogens with zero attached hydrogens (tertiary/aromatic N) is 1. The lowest BCUT2D eigenvalue weighted by Gasteiger charge is -2.06. The van der Waals surface area contributed by atoms with E-state index in [9.17, 15) is 4.39 Å². The topological polar surface area (TPSA) is 48.1 Å². The average Bonchev–Trinajstić information content (AvgIpc) is 3.29. The van der Waals surface area contributed by atoms with Crippen LogP contribution < -0.4 is 10.5 Å². The zero-order valence-electron chi connectivity index (χ0n) is 19.7. The van der Waals surface area contributed by atoms with Crippen molar-refractivity contribution in [2.24, 2.45) is 0 Å². The molecule has 0 aliphatic rings. The lowest BCUT2D eigenvalue weighted by molar-refractivity contribution is 0.318. The minimum Gasteiger partial charge on any atom is -0.494 e. The maximum atomic E-state index is 14.3. The number of nitrogens with two attached hydrogens (primary N) is 1. The number of thiophene rings is 1. The number of nitrogen functional groups attached to an aromatic ring is 1. The molecule has 0 aliphatic carbocycles. The lowest BCUT2D eigenvalue weighted by Crippen LogP contribution is -1.97. The molecule has 0 bridgehead atoms. The zero-order chi connectivity index (χ0) is 24.2. The first-order valence-corrected chi connectivity index (χ1v) is 12.7. The summed E-state index contributed by atoms with van der Waals surface area (Å²) in [5.74, 6) is 1.12. The summed E-state index contributed by atoms with van der Waals surface area (Å²) in [6, 6.07) is 16.9. The number of alkyl halides is 1. The Morgan fingerprint density at radius 2 is 1.79 bits per heavy atom. The van der Waals surface area contributed by atoms with E-state index < -0.39 is 0 Å². The molecule has 0 amide bonds. The van der Waals surface area contributed by atoms with Gasteiger partial charge in [-0.05, 0) is 59.5 Å². The van der Waals surface area contributed by atoms with Crippen molar-refractivity contribution in [3.8, 4) is 16.2 Å². The molecule has 0 saturated carbocycles. The molecule has 0 aliphatic heterocycles. The predicted octanol–water partition coefficient (Wildman–Crippen LogP) is 8.34. The van der Waals surface area contributed by atoms with Crippen molar-refractivity contribution >= 4 is 38.8 Å². The first kappa shape index (κ1) is 26.6. The van der Waals surface area contributed by atoms with Gasteiger partial charge in [0.1, 0.15) is 11.6 Å². The number of anilines is 1. The molecule has 33 heavy (non-hydrogen) atoms. The van der Waals surface area contributed by atoms with Crippen LogP contribution in [-0.2, 0) is 6.42 Å². The molecule has 0 radical (unpaired) electrons. The van der Waals surface area contributed by atoms with E-state index in [0.717, 1.165) is 38.4 Å². The first-order chi connectivity index (χ1) is 16.1. The van der Waals surface area contributed by atoms with Gasteiger partial charge in [-0.3, -0.25) is 4.98 Å². The largest absolute Gasteiger partial charge is 0.494 e. The minimum atomic E-state index is -0.284. The second-order valence-electron chi connectivity index (χ2n) is 6.74. The van der Waals surface area contributed by atoms with Crippen LogP contribution in [0.25, 0.3) is 20.7 Å². The maximum Gasteiger partial charge on any atom is 0.128 e. The number of aromatic nitrogens is 1. The maximum absolute atomic E-state index is 14.3. The summed E-state index contributed by atoms with van der Waals surface area (Å²) in [6.45, 7) is 8.60. The van der Waals surface area contributed by atoms with Crippen LogP contribution in [-0.4, -0.2) is 17.5 Å². The van der Waals surface area contributed by atoms with Gasteiger partial charge in [0, 0.05) is 29.1 Å². The number of fused-ring (bicyclic) bond motifs is 1. The molecule has 176 valence electrons. The van der Waals surface area contributed by atoms with Gasteiger partial charge in [0.2, 0.25) is 0 Å². The highest BCUT2D eigenvalue weighted by molar-refractivity contribution is 7.22. The number of hydrogen-bond acceptors (Lipinski definition) is 4. The van der Waals surface area contributed by atoms with Crippen molar-refractivity contribution in [2.75, 3.05) is 18.2 Å². The summed E-state index contributed by atoms with van der Waals surface area (Å²) in [4.78, 5) is 5.60. The molecule has 0 unspecified atom stereocenters. The fourth-order valence-corrected chi connectivity index (χ4v) is 4.40. The molecule has 0 fully saturated rings. The van der Waals surface area contributed by atoms with Gasteiger partial charge in [-0.1, -0.05) is 45.9 Å². The Hall–Kier alpha value is -2.63. The Balaban J connectivity index is 0.000000914. The van der Waals surface area contributed by atoms with Gasteiger partial charge in [0.25, 0.3) is 0 Å². The van der Waals surface area contributed by atoms with Gasteiger partial charge in [-0.2, -0.15) is 0 Å². The third kappa shape index (κ3) is 7.18. The van der Waals surface area contributed by atoms with Crippen molar-refractivity contribution in [1.82, 2.24) is 4.98 Å². The van der Waals surface area contributed by atoms with Crippen LogP contribution in [0.3, 0.4) is 0 Å². The van der Waals surface area contributed by atoms with Crippen LogP contribution in [0.5, 0.6) is 5.75 Å². The van der Waals surface area contributed by atoms with Crippen molar-refractivity contribution in [1.29, 1.82) is 0 Å². The number of benzene rings is 2. The van der Waals surface area contributed by atoms with E-state index in [1.807, 2.05) is 52.0 Å². The number of halogens is 2. The highest BCUT2D eigenvalue weighted by atomic mass is 35.5. The number of rotatable bonds is 7. The average molecular weight is 487 g/mol. The summed E-state index contributed by atoms with van der Waals surface area (Å²) >= 11 is 7.37. The molecule has 4 rings (SSSR count). The molecule has 2 aromatic carbocycles. The fraction of sp³-hybridized carbons (Fsp3) is 0.296. The fourth-order valence-electron chi connectivity index (χ4n) is 3.17. The van der Waals surface area contributed by atoms with Crippen LogP contribution in [0.4, 0.5) is 10.1 Å². The van der Waals surface area contributed by atoms with E-state index in [4.69, 9.17) is 22.1 Å². The lowest BCUT2D eigenvalue weighted by atomic mass is 10.0. The molecule has 3 nitrogen and oxygen atoms in total. The molecule has 0 saturated heterocycles. The Morgan fingerprint density at radius 3 is 2.52 bits per heavy atom. The Kier molecular flexibility index (Phi) is 11.1. The first-order valence-electron chi connectivity index (χ1n) is 11.3. The summed E-state index contributed by atoms with van der Waals surface area (Å²) in [5.41, 5.74) is 9.74. The number of ether oxygens (including phenoxy) is 1. The van der Waals surface area contributed by atoms with E-state index in [-0.39, 0.29) is 5.82 Å². The van der Waals surface area contributed by atoms with E-state index in [0.29, 0.717) is 30.2 Å². The monoisotopic (exact) mass is 486 g/mol. The quantitative estimate of drug-likeness (QED) is 0.162. The van der Waals surface area contributed by atoms with Gasteiger partial charge in [0.15, 0.2) is 0 Å². The Labute approximate surface area is 205 Å². The molecule has 2 heterocycles. The van der Waals surface area contributed by atoms with Crippen LogP contribution >= 0.6 is 22.9 Å². The summed E-state index contributed by atoms with van der Waals surface area (Å²) in [7, 11) is 0. The van der Waals surface area contributed by atoms with Crippen molar-refractivity contribution in [3.63, 3.8) is 0 Å². The molecule has 0 spiro atoms. The zero-order valence-corrected chi connectivity index (χ0v) is 21.3. The molecule has 6 heteroatoms. The van der Waals surface area contributed by atoms with Crippen LogP contribution in [0, 0.1) is 5.82 Å². The predicted molar refractivity (Wildman–Crippen MR) is 142 cm³/mol. The molecular formula is C27H32ClFN2OS. The minimum absolute atomic E-state index is 0.284. The van der Waals surface area contributed by atoms with E-state index in [1.165, 1.54) is 6.07 Å². The van der Waals surface area contributed by atoms with Crippen molar-refractivity contribution in [3.05, 3.63) is 77.7 Å². The second kappa shape index (κ2) is 13.8. The molecule has 2 N–H and O–H groups in total. The normalized spacial score (nSPS) is 10.1. The molecule has 4 aromatic rings. The van der Waals surface area contributed by atoms with E-state index >= 15 is 0 Å². The highest BCUT2D eigenvalue weighted by Gasteiger charge is 2.12. The third-order valence-corrected chi connectivity index (χ3v) is 6.13. The SMILES string of the molecule is CC.CC.Nc1ccc(Cc2ccnc3cc(-c4cccc(OCCCCl)c4)sc23)c(F)c1. The summed E-state index contributed by atoms with van der Waals surface area (Å²) in [6.07, 6.45) is 3.07. The standard InChI is InChI=1S/C23H20ClFN2OS.2C2H6/c24-8-2-10-28-19-4-1-3-16(12-19)22-14-21-23(29-22)17(7-9-27-21)11-15-5-6-18(26)13-20(15)25;2*1-2/h1,3-7,9,12-14H,2,8,10-11,26H2;2*1-2H3. The summed E-state index contributed by atoms with van der Waals surface area (Å²) in [5, 5.41) is 0. The van der Waals surface area contributed by atoms with E-state index in [1.54, 1.807) is 29.7 Å². The van der Waals surface area contributed by atoms with Crippen LogP contribution in [0.1, 0.15) is 45.2 Å². The number of hydrogen-bond donors (Lipinski definition) is 1. The van der Waals surface area contributed by atoms with Crippen molar-refractivity contribution < 1.29 is 9.13 Å². The Morgan fingerprint density at radius 1 is 1.00 bits per heavy atom. The second-order valence-corrected chi connectivity index (χ2v) is 8.17.